The molecule has 0 spiro atoms. The molecule has 1 aromatic carbocycles. The maximum Gasteiger partial charge on any atom is 0.417 e. The molecule has 2 aliphatic rings. The molecule has 30 heavy (non-hydrogen) atoms. The van der Waals surface area contributed by atoms with Crippen LogP contribution in [0.15, 0.2) is 34.9 Å². The molecule has 1 saturated heterocycles. The monoisotopic (exact) mass is 419 g/mol. The van der Waals surface area contributed by atoms with Crippen LogP contribution >= 0.6 is 0 Å². The number of fused-ring (bicyclic) bond motifs is 1. The summed E-state index contributed by atoms with van der Waals surface area (Å²) in [7, 11) is 3.08. The summed E-state index contributed by atoms with van der Waals surface area (Å²) in [5.74, 6) is -1.86. The minimum absolute atomic E-state index is 0.142. The van der Waals surface area contributed by atoms with Crippen molar-refractivity contribution in [2.75, 3.05) is 7.11 Å². The Labute approximate surface area is 170 Å². The van der Waals surface area contributed by atoms with Crippen molar-refractivity contribution in [3.63, 3.8) is 0 Å². The summed E-state index contributed by atoms with van der Waals surface area (Å²) >= 11 is 0. The smallest absolute Gasteiger partial charge is 0.417 e. The van der Waals surface area contributed by atoms with E-state index in [1.165, 1.54) is 13.2 Å². The highest BCUT2D eigenvalue weighted by Crippen LogP contribution is 2.47. The van der Waals surface area contributed by atoms with E-state index in [0.717, 1.165) is 12.8 Å². The Balaban J connectivity index is 2.14. The third kappa shape index (κ3) is 3.02. The number of carbonyl (C=O) groups excluding carboxylic acids is 2. The number of methoxy groups -OCH3 is 1. The Bertz CT molecular complexity index is 1140. The van der Waals surface area contributed by atoms with Crippen LogP contribution < -0.4 is 4.74 Å². The molecule has 158 valence electrons. The number of cyclic esters (lactones) is 2. The van der Waals surface area contributed by atoms with E-state index >= 15 is 0 Å². The topological polar surface area (TPSA) is 57.5 Å². The molecular weight excluding hydrogens is 399 g/mol. The van der Waals surface area contributed by atoms with E-state index in [4.69, 9.17) is 4.74 Å². The van der Waals surface area contributed by atoms with Gasteiger partial charge in [0.15, 0.2) is 0 Å². The molecule has 1 saturated carbocycles. The van der Waals surface area contributed by atoms with Gasteiger partial charge < -0.3 is 14.0 Å². The lowest BCUT2D eigenvalue weighted by atomic mass is 9.90. The van der Waals surface area contributed by atoms with Crippen LogP contribution in [0, 0.1) is 6.92 Å². The molecule has 4 rings (SSSR count). The van der Waals surface area contributed by atoms with Crippen molar-refractivity contribution in [3.05, 3.63) is 46.2 Å². The molecule has 0 N–H and O–H groups in total. The largest absolute Gasteiger partial charge is 0.497 e. The Kier molecular flexibility index (Phi) is 4.75. The predicted octanol–water partition coefficient (Wildman–Crippen LogP) is 4.77. The van der Waals surface area contributed by atoms with Gasteiger partial charge in [0.1, 0.15) is 5.75 Å². The third-order valence-corrected chi connectivity index (χ3v) is 5.89. The number of esters is 2. The van der Waals surface area contributed by atoms with Crippen molar-refractivity contribution in [1.29, 1.82) is 0 Å². The SMILES string of the molecule is COc1ccc2c(c1)c(/C(=C1/C(=O)OC(=O)C1=C1CCCC1)C(F)(F)F)c(C)n2C. The van der Waals surface area contributed by atoms with E-state index in [-0.39, 0.29) is 16.5 Å². The summed E-state index contributed by atoms with van der Waals surface area (Å²) in [5, 5.41) is 0.289. The molecule has 8 heteroatoms. The van der Waals surface area contributed by atoms with Crippen LogP contribution in [0.4, 0.5) is 13.2 Å². The molecule has 2 fully saturated rings. The number of carbonyl (C=O) groups is 2. The molecule has 5 nitrogen and oxygen atoms in total. The Morgan fingerprint density at radius 3 is 2.40 bits per heavy atom. The molecule has 1 aromatic heterocycles. The molecule has 1 aliphatic carbocycles. The summed E-state index contributed by atoms with van der Waals surface area (Å²) in [6.45, 7) is 1.55. The van der Waals surface area contributed by atoms with Gasteiger partial charge in [0, 0.05) is 29.2 Å². The number of ether oxygens (including phenoxy) is 2. The van der Waals surface area contributed by atoms with Crippen LogP contribution in [-0.2, 0) is 21.4 Å². The molecule has 0 atom stereocenters. The Morgan fingerprint density at radius 1 is 1.13 bits per heavy atom. The van der Waals surface area contributed by atoms with Crippen molar-refractivity contribution >= 4 is 28.4 Å². The van der Waals surface area contributed by atoms with Gasteiger partial charge in [0.2, 0.25) is 0 Å². The Hall–Kier alpha value is -3.03. The van der Waals surface area contributed by atoms with Gasteiger partial charge in [-0.3, -0.25) is 0 Å². The number of alkyl halides is 3. The highest BCUT2D eigenvalue weighted by molar-refractivity contribution is 6.23. The maximum atomic E-state index is 14.5. The van der Waals surface area contributed by atoms with Gasteiger partial charge in [-0.2, -0.15) is 13.2 Å². The molecule has 0 amide bonds. The number of hydrogen-bond donors (Lipinski definition) is 0. The van der Waals surface area contributed by atoms with Crippen LogP contribution in [0.2, 0.25) is 0 Å². The lowest BCUT2D eigenvalue weighted by Crippen LogP contribution is -2.17. The quantitative estimate of drug-likeness (QED) is 0.400. The van der Waals surface area contributed by atoms with Gasteiger partial charge in [-0.25, -0.2) is 9.59 Å². The van der Waals surface area contributed by atoms with E-state index in [1.807, 2.05) is 0 Å². The molecule has 0 radical (unpaired) electrons. The summed E-state index contributed by atoms with van der Waals surface area (Å²) in [4.78, 5) is 24.9. The number of halogens is 3. The second kappa shape index (κ2) is 7.04. The number of benzene rings is 1. The van der Waals surface area contributed by atoms with Crippen molar-refractivity contribution in [1.82, 2.24) is 4.57 Å². The van der Waals surface area contributed by atoms with Gasteiger partial charge in [0.25, 0.3) is 0 Å². The zero-order valence-corrected chi connectivity index (χ0v) is 16.8. The fourth-order valence-corrected chi connectivity index (χ4v) is 4.39. The normalized spacial score (nSPS) is 19.1. The zero-order valence-electron chi connectivity index (χ0n) is 16.8. The van der Waals surface area contributed by atoms with E-state index < -0.39 is 29.3 Å². The van der Waals surface area contributed by atoms with Crippen molar-refractivity contribution in [3.8, 4) is 5.75 Å². The molecule has 1 aliphatic heterocycles. The number of aryl methyl sites for hydroxylation is 1. The first-order chi connectivity index (χ1) is 14.1. The van der Waals surface area contributed by atoms with Crippen LogP contribution in [0.3, 0.4) is 0 Å². The van der Waals surface area contributed by atoms with Crippen LogP contribution in [0.1, 0.15) is 36.9 Å². The fraction of sp³-hybridized carbons (Fsp3) is 0.364. The molecule has 0 unspecified atom stereocenters. The third-order valence-electron chi connectivity index (χ3n) is 5.89. The summed E-state index contributed by atoms with van der Waals surface area (Å²) in [6.07, 6.45) is -2.40. The van der Waals surface area contributed by atoms with E-state index in [1.54, 1.807) is 30.7 Å². The fourth-order valence-electron chi connectivity index (χ4n) is 4.39. The standard InChI is InChI=1S/C22H20F3NO4/c1-11-16(14-10-13(29-3)8-9-15(14)26(11)2)19(22(23,24)25)18-17(12-6-4-5-7-12)20(27)30-21(18)28/h8-10H,4-7H2,1-3H3/b19-18-. The average Bonchev–Trinajstić information content (AvgIpc) is 3.36. The first kappa shape index (κ1) is 20.3. The predicted molar refractivity (Wildman–Crippen MR) is 104 cm³/mol. The van der Waals surface area contributed by atoms with Crippen LogP contribution in [0.5, 0.6) is 5.75 Å². The number of rotatable bonds is 2. The number of hydrogen-bond acceptors (Lipinski definition) is 4. The van der Waals surface area contributed by atoms with Gasteiger partial charge >= 0.3 is 18.1 Å². The zero-order chi connectivity index (χ0) is 21.8. The molecule has 2 heterocycles. The van der Waals surface area contributed by atoms with Gasteiger partial charge in [0.05, 0.1) is 23.8 Å². The van der Waals surface area contributed by atoms with Gasteiger partial charge in [-0.05, 0) is 50.8 Å². The second-order valence-corrected chi connectivity index (χ2v) is 7.51. The average molecular weight is 419 g/mol. The number of aromatic nitrogens is 1. The van der Waals surface area contributed by atoms with Crippen LogP contribution in [0.25, 0.3) is 16.5 Å². The van der Waals surface area contributed by atoms with Gasteiger partial charge in [-0.1, -0.05) is 5.57 Å². The van der Waals surface area contributed by atoms with E-state index in [2.05, 4.69) is 4.74 Å². The first-order valence-electron chi connectivity index (χ1n) is 9.59. The summed E-state index contributed by atoms with van der Waals surface area (Å²) in [6, 6.07) is 4.83. The highest BCUT2D eigenvalue weighted by atomic mass is 19.4. The van der Waals surface area contributed by atoms with E-state index in [0.29, 0.717) is 35.4 Å². The maximum absolute atomic E-state index is 14.5. The van der Waals surface area contributed by atoms with E-state index in [9.17, 15) is 22.8 Å². The second-order valence-electron chi connectivity index (χ2n) is 7.51. The molecular formula is C22H20F3NO4. The molecule has 0 bridgehead atoms. The lowest BCUT2D eigenvalue weighted by molar-refractivity contribution is -0.150. The number of nitrogens with zero attached hydrogens (tertiary/aromatic N) is 1. The Morgan fingerprint density at radius 2 is 1.80 bits per heavy atom. The van der Waals surface area contributed by atoms with Crippen molar-refractivity contribution in [2.24, 2.45) is 7.05 Å². The minimum Gasteiger partial charge on any atom is -0.497 e. The summed E-state index contributed by atoms with van der Waals surface area (Å²) in [5.41, 5.74) is -0.745. The number of allylic oxidation sites excluding steroid dienone is 2. The van der Waals surface area contributed by atoms with Crippen LogP contribution in [-0.4, -0.2) is 29.8 Å². The summed E-state index contributed by atoms with van der Waals surface area (Å²) < 4.78 is 54.9. The first-order valence-corrected chi connectivity index (χ1v) is 9.59. The van der Waals surface area contributed by atoms with Gasteiger partial charge in [-0.15, -0.1) is 0 Å². The highest BCUT2D eigenvalue weighted by Gasteiger charge is 2.48. The van der Waals surface area contributed by atoms with Crippen molar-refractivity contribution in [2.45, 2.75) is 38.8 Å². The lowest BCUT2D eigenvalue weighted by Gasteiger charge is -2.16. The minimum atomic E-state index is -4.88. The molecule has 2 aromatic rings. The van der Waals surface area contributed by atoms with Crippen molar-refractivity contribution < 1.29 is 32.2 Å².